The van der Waals surface area contributed by atoms with Gasteiger partial charge in [-0.1, -0.05) is 6.92 Å². The monoisotopic (exact) mass is 245 g/mol. The first-order chi connectivity index (χ1) is 7.53. The first kappa shape index (κ1) is 12.7. The molecule has 16 heavy (non-hydrogen) atoms. The molecule has 2 N–H and O–H groups in total. The molecule has 0 amide bonds. The number of ether oxygens (including phenoxy) is 1. The third-order valence-electron chi connectivity index (χ3n) is 1.86. The standard InChI is InChI=1S/C9H15N3O3S/c1-3-5-16(13,14)9-7(10)8(15-4-2)11-6-12-9/h6H,3-5,10H2,1-2H3. The summed E-state index contributed by atoms with van der Waals surface area (Å²) >= 11 is 0. The lowest BCUT2D eigenvalue weighted by Gasteiger charge is -2.08. The maximum Gasteiger partial charge on any atom is 0.241 e. The molecule has 0 bridgehead atoms. The summed E-state index contributed by atoms with van der Waals surface area (Å²) in [6.45, 7) is 3.91. The molecule has 7 heteroatoms. The van der Waals surface area contributed by atoms with E-state index in [1.807, 2.05) is 0 Å². The quantitative estimate of drug-likeness (QED) is 0.765. The minimum Gasteiger partial charge on any atom is -0.476 e. The normalized spacial score (nSPS) is 11.4. The van der Waals surface area contributed by atoms with Crippen molar-refractivity contribution in [2.24, 2.45) is 0 Å². The summed E-state index contributed by atoms with van der Waals surface area (Å²) in [7, 11) is -3.44. The number of nitrogen functional groups attached to an aromatic ring is 1. The van der Waals surface area contributed by atoms with Gasteiger partial charge in [-0.3, -0.25) is 0 Å². The Balaban J connectivity index is 3.20. The van der Waals surface area contributed by atoms with Crippen molar-refractivity contribution >= 4 is 15.5 Å². The molecule has 0 aliphatic carbocycles. The highest BCUT2D eigenvalue weighted by molar-refractivity contribution is 7.91. The first-order valence-corrected chi connectivity index (χ1v) is 6.64. The summed E-state index contributed by atoms with van der Waals surface area (Å²) in [4.78, 5) is 7.49. The molecule has 0 radical (unpaired) electrons. The zero-order valence-corrected chi connectivity index (χ0v) is 10.1. The Kier molecular flexibility index (Phi) is 4.05. The molecule has 1 rings (SSSR count). The van der Waals surface area contributed by atoms with Crippen molar-refractivity contribution in [1.82, 2.24) is 9.97 Å². The van der Waals surface area contributed by atoms with Crippen LogP contribution in [0, 0.1) is 0 Å². The molecule has 90 valence electrons. The van der Waals surface area contributed by atoms with Crippen LogP contribution in [0.1, 0.15) is 20.3 Å². The van der Waals surface area contributed by atoms with Gasteiger partial charge < -0.3 is 10.5 Å². The third-order valence-corrected chi connectivity index (χ3v) is 3.72. The second kappa shape index (κ2) is 5.11. The zero-order valence-electron chi connectivity index (χ0n) is 9.30. The van der Waals surface area contributed by atoms with Gasteiger partial charge in [-0.15, -0.1) is 0 Å². The van der Waals surface area contributed by atoms with E-state index in [2.05, 4.69) is 9.97 Å². The maximum absolute atomic E-state index is 11.8. The van der Waals surface area contributed by atoms with Gasteiger partial charge in [-0.25, -0.2) is 13.4 Å². The van der Waals surface area contributed by atoms with Crippen LogP contribution in [-0.4, -0.2) is 30.7 Å². The zero-order chi connectivity index (χ0) is 12.2. The largest absolute Gasteiger partial charge is 0.476 e. The van der Waals surface area contributed by atoms with E-state index in [0.29, 0.717) is 13.0 Å². The van der Waals surface area contributed by atoms with Crippen molar-refractivity contribution in [3.63, 3.8) is 0 Å². The van der Waals surface area contributed by atoms with Crippen LogP contribution in [-0.2, 0) is 9.84 Å². The van der Waals surface area contributed by atoms with Crippen LogP contribution in [0.3, 0.4) is 0 Å². The van der Waals surface area contributed by atoms with Crippen LogP contribution < -0.4 is 10.5 Å². The summed E-state index contributed by atoms with van der Waals surface area (Å²) < 4.78 is 28.7. The molecule has 1 aromatic heterocycles. The molecule has 0 saturated heterocycles. The van der Waals surface area contributed by atoms with Gasteiger partial charge in [0, 0.05) is 0 Å². The van der Waals surface area contributed by atoms with Crippen molar-refractivity contribution in [2.75, 3.05) is 18.1 Å². The van der Waals surface area contributed by atoms with Gasteiger partial charge in [0.2, 0.25) is 5.88 Å². The molecular formula is C9H15N3O3S. The summed E-state index contributed by atoms with van der Waals surface area (Å²) in [5.41, 5.74) is 5.64. The smallest absolute Gasteiger partial charge is 0.241 e. The Morgan fingerprint density at radius 2 is 2.06 bits per heavy atom. The fraction of sp³-hybridized carbons (Fsp3) is 0.556. The van der Waals surface area contributed by atoms with Gasteiger partial charge in [0.1, 0.15) is 12.0 Å². The van der Waals surface area contributed by atoms with Crippen LogP contribution in [0.2, 0.25) is 0 Å². The number of hydrogen-bond donors (Lipinski definition) is 1. The SMILES string of the molecule is CCCS(=O)(=O)c1ncnc(OCC)c1N. The minimum absolute atomic E-state index is 0.0137. The average molecular weight is 245 g/mol. The number of sulfone groups is 1. The molecule has 1 aromatic rings. The molecule has 6 nitrogen and oxygen atoms in total. The average Bonchev–Trinajstić information content (AvgIpc) is 2.21. The third kappa shape index (κ3) is 2.60. The fourth-order valence-corrected chi connectivity index (χ4v) is 2.59. The Hall–Kier alpha value is -1.37. The van der Waals surface area contributed by atoms with E-state index in [-0.39, 0.29) is 22.3 Å². The van der Waals surface area contributed by atoms with Gasteiger partial charge in [-0.2, -0.15) is 4.98 Å². The van der Waals surface area contributed by atoms with E-state index in [1.54, 1.807) is 13.8 Å². The van der Waals surface area contributed by atoms with Crippen LogP contribution in [0.4, 0.5) is 5.69 Å². The highest BCUT2D eigenvalue weighted by Crippen LogP contribution is 2.25. The van der Waals surface area contributed by atoms with E-state index < -0.39 is 9.84 Å². The van der Waals surface area contributed by atoms with Crippen molar-refractivity contribution in [2.45, 2.75) is 25.3 Å². The lowest BCUT2D eigenvalue weighted by atomic mass is 10.5. The van der Waals surface area contributed by atoms with E-state index in [9.17, 15) is 8.42 Å². The van der Waals surface area contributed by atoms with Crippen LogP contribution in [0.25, 0.3) is 0 Å². The Bertz CT molecular complexity index is 459. The Morgan fingerprint density at radius 1 is 1.38 bits per heavy atom. The van der Waals surface area contributed by atoms with Crippen molar-refractivity contribution in [3.8, 4) is 5.88 Å². The van der Waals surface area contributed by atoms with Gasteiger partial charge in [0.15, 0.2) is 14.9 Å². The molecular weight excluding hydrogens is 230 g/mol. The predicted octanol–water partition coefficient (Wildman–Crippen LogP) is 0.641. The number of nitrogens with zero attached hydrogens (tertiary/aromatic N) is 2. The molecule has 0 aliphatic rings. The van der Waals surface area contributed by atoms with Crippen molar-refractivity contribution < 1.29 is 13.2 Å². The second-order valence-electron chi connectivity index (χ2n) is 3.15. The summed E-state index contributed by atoms with van der Waals surface area (Å²) in [5, 5.41) is -0.146. The van der Waals surface area contributed by atoms with Gasteiger partial charge in [0.25, 0.3) is 0 Å². The molecule has 0 aromatic carbocycles. The second-order valence-corrected chi connectivity index (χ2v) is 5.17. The highest BCUT2D eigenvalue weighted by Gasteiger charge is 2.21. The predicted molar refractivity (Wildman–Crippen MR) is 60.0 cm³/mol. The molecule has 0 fully saturated rings. The summed E-state index contributed by atoms with van der Waals surface area (Å²) in [6, 6.07) is 0. The van der Waals surface area contributed by atoms with E-state index >= 15 is 0 Å². The highest BCUT2D eigenvalue weighted by atomic mass is 32.2. The molecule has 0 atom stereocenters. The lowest BCUT2D eigenvalue weighted by molar-refractivity contribution is 0.327. The summed E-state index contributed by atoms with van der Waals surface area (Å²) in [6.07, 6.45) is 1.65. The summed E-state index contributed by atoms with van der Waals surface area (Å²) in [5.74, 6) is 0.131. The van der Waals surface area contributed by atoms with Gasteiger partial charge in [-0.05, 0) is 13.3 Å². The van der Waals surface area contributed by atoms with Crippen molar-refractivity contribution in [1.29, 1.82) is 0 Å². The number of nitrogens with two attached hydrogens (primary N) is 1. The fourth-order valence-electron chi connectivity index (χ4n) is 1.23. The molecule has 0 saturated carbocycles. The van der Waals surface area contributed by atoms with Crippen LogP contribution in [0.5, 0.6) is 5.88 Å². The maximum atomic E-state index is 11.8. The molecule has 0 spiro atoms. The van der Waals surface area contributed by atoms with E-state index in [1.165, 1.54) is 0 Å². The molecule has 0 unspecified atom stereocenters. The number of hydrogen-bond acceptors (Lipinski definition) is 6. The van der Waals surface area contributed by atoms with Crippen LogP contribution >= 0.6 is 0 Å². The molecule has 1 heterocycles. The first-order valence-electron chi connectivity index (χ1n) is 4.99. The van der Waals surface area contributed by atoms with Crippen molar-refractivity contribution in [3.05, 3.63) is 6.33 Å². The number of anilines is 1. The van der Waals surface area contributed by atoms with E-state index in [4.69, 9.17) is 10.5 Å². The number of rotatable bonds is 5. The van der Waals surface area contributed by atoms with Gasteiger partial charge >= 0.3 is 0 Å². The van der Waals surface area contributed by atoms with Gasteiger partial charge in [0.05, 0.1) is 12.4 Å². The van der Waals surface area contributed by atoms with Crippen LogP contribution in [0.15, 0.2) is 11.4 Å². The number of aromatic nitrogens is 2. The minimum atomic E-state index is -3.44. The van der Waals surface area contributed by atoms with E-state index in [0.717, 1.165) is 6.33 Å². The topological polar surface area (TPSA) is 95.2 Å². The Labute approximate surface area is 94.8 Å². The Morgan fingerprint density at radius 3 is 2.62 bits per heavy atom. The lowest BCUT2D eigenvalue weighted by Crippen LogP contribution is -2.13. The molecule has 0 aliphatic heterocycles.